The van der Waals surface area contributed by atoms with Crippen molar-refractivity contribution in [3.05, 3.63) is 29.3 Å². The highest BCUT2D eigenvalue weighted by atomic mass is 35.5. The van der Waals surface area contributed by atoms with Gasteiger partial charge in [-0.2, -0.15) is 0 Å². The molecule has 1 aromatic rings. The fourth-order valence-corrected chi connectivity index (χ4v) is 2.91. The number of likely N-dealkylation sites (tertiary alicyclic amines) is 1. The number of hydrogen-bond donors (Lipinski definition) is 0. The van der Waals surface area contributed by atoms with E-state index >= 15 is 0 Å². The molecule has 0 aromatic heterocycles. The first-order chi connectivity index (χ1) is 9.86. The Hall–Kier alpha value is -0.730. The second kappa shape index (κ2) is 9.25. The number of rotatable bonds is 8. The number of piperidine rings is 1. The van der Waals surface area contributed by atoms with Crippen molar-refractivity contribution in [2.45, 2.75) is 44.9 Å². The molecule has 0 bridgehead atoms. The highest BCUT2D eigenvalue weighted by Gasteiger charge is 2.08. The lowest BCUT2D eigenvalue weighted by Gasteiger charge is -2.26. The van der Waals surface area contributed by atoms with Crippen molar-refractivity contribution in [1.29, 1.82) is 0 Å². The van der Waals surface area contributed by atoms with Crippen LogP contribution < -0.4 is 4.74 Å². The molecule has 0 spiro atoms. The van der Waals surface area contributed by atoms with Crippen LogP contribution in [-0.2, 0) is 0 Å². The Kier molecular flexibility index (Phi) is 7.24. The number of hydrogen-bond acceptors (Lipinski definition) is 2. The van der Waals surface area contributed by atoms with Gasteiger partial charge in [0.25, 0.3) is 0 Å². The zero-order valence-corrected chi connectivity index (χ0v) is 13.1. The summed E-state index contributed by atoms with van der Waals surface area (Å²) in [4.78, 5) is 2.61. The first-order valence-electron chi connectivity index (χ1n) is 7.96. The smallest absolute Gasteiger partial charge is 0.137 e. The zero-order chi connectivity index (χ0) is 14.0. The van der Waals surface area contributed by atoms with Gasteiger partial charge in [0.2, 0.25) is 0 Å². The SMILES string of the molecule is Clc1ccccc1OCCCCCCN1CCCCC1. The maximum absolute atomic E-state index is 6.04. The van der Waals surface area contributed by atoms with Crippen LogP contribution >= 0.6 is 11.6 Å². The summed E-state index contributed by atoms with van der Waals surface area (Å²) < 4.78 is 5.69. The highest BCUT2D eigenvalue weighted by Crippen LogP contribution is 2.23. The first kappa shape index (κ1) is 15.7. The number of benzene rings is 1. The molecule has 0 N–H and O–H groups in total. The normalized spacial score (nSPS) is 16.2. The predicted octanol–water partition coefficient (Wildman–Crippen LogP) is 4.77. The third kappa shape index (κ3) is 5.72. The Morgan fingerprint density at radius 2 is 1.70 bits per heavy atom. The lowest BCUT2D eigenvalue weighted by Crippen LogP contribution is -2.30. The van der Waals surface area contributed by atoms with Crippen molar-refractivity contribution in [2.24, 2.45) is 0 Å². The van der Waals surface area contributed by atoms with Crippen LogP contribution in [0.2, 0.25) is 5.02 Å². The van der Waals surface area contributed by atoms with E-state index in [1.54, 1.807) is 0 Å². The van der Waals surface area contributed by atoms with Crippen molar-refractivity contribution in [3.8, 4) is 5.75 Å². The van der Waals surface area contributed by atoms with Crippen LogP contribution in [0, 0.1) is 0 Å². The lowest BCUT2D eigenvalue weighted by molar-refractivity contribution is 0.223. The molecule has 0 amide bonds. The van der Waals surface area contributed by atoms with E-state index in [0.29, 0.717) is 5.02 Å². The summed E-state index contributed by atoms with van der Waals surface area (Å²) in [6.07, 6.45) is 9.21. The van der Waals surface area contributed by atoms with E-state index in [9.17, 15) is 0 Å². The van der Waals surface area contributed by atoms with Gasteiger partial charge >= 0.3 is 0 Å². The van der Waals surface area contributed by atoms with E-state index in [0.717, 1.165) is 18.8 Å². The Balaban J connectivity index is 1.46. The number of para-hydroxylation sites is 1. The van der Waals surface area contributed by atoms with Crippen molar-refractivity contribution in [3.63, 3.8) is 0 Å². The summed E-state index contributed by atoms with van der Waals surface area (Å²) in [7, 11) is 0. The van der Waals surface area contributed by atoms with Crippen LogP contribution in [0.3, 0.4) is 0 Å². The zero-order valence-electron chi connectivity index (χ0n) is 12.3. The molecular formula is C17H26ClNO. The van der Waals surface area contributed by atoms with E-state index in [4.69, 9.17) is 16.3 Å². The number of ether oxygens (including phenoxy) is 1. The van der Waals surface area contributed by atoms with Gasteiger partial charge in [0.1, 0.15) is 5.75 Å². The molecular weight excluding hydrogens is 270 g/mol. The quantitative estimate of drug-likeness (QED) is 0.641. The standard InChI is InChI=1S/C17H26ClNO/c18-16-10-4-5-11-17(16)20-15-9-2-1-6-12-19-13-7-3-8-14-19/h4-5,10-11H,1-3,6-9,12-15H2. The maximum atomic E-state index is 6.04. The minimum Gasteiger partial charge on any atom is -0.492 e. The molecule has 0 saturated carbocycles. The van der Waals surface area contributed by atoms with Gasteiger partial charge in [0.15, 0.2) is 0 Å². The molecule has 2 nitrogen and oxygen atoms in total. The average molecular weight is 296 g/mol. The van der Waals surface area contributed by atoms with Gasteiger partial charge < -0.3 is 9.64 Å². The summed E-state index contributed by atoms with van der Waals surface area (Å²) in [6, 6.07) is 7.68. The van der Waals surface area contributed by atoms with Crippen LogP contribution in [0.5, 0.6) is 5.75 Å². The highest BCUT2D eigenvalue weighted by molar-refractivity contribution is 6.32. The molecule has 1 saturated heterocycles. The third-order valence-electron chi connectivity index (χ3n) is 3.91. The predicted molar refractivity (Wildman–Crippen MR) is 85.7 cm³/mol. The molecule has 1 aromatic carbocycles. The van der Waals surface area contributed by atoms with Gasteiger partial charge in [-0.05, 0) is 57.5 Å². The van der Waals surface area contributed by atoms with E-state index in [-0.39, 0.29) is 0 Å². The molecule has 0 radical (unpaired) electrons. The summed E-state index contributed by atoms with van der Waals surface area (Å²) >= 11 is 6.04. The largest absolute Gasteiger partial charge is 0.492 e. The molecule has 1 aliphatic heterocycles. The third-order valence-corrected chi connectivity index (χ3v) is 4.22. The van der Waals surface area contributed by atoms with Crippen LogP contribution in [0.25, 0.3) is 0 Å². The number of unbranched alkanes of at least 4 members (excludes halogenated alkanes) is 3. The number of halogens is 1. The topological polar surface area (TPSA) is 12.5 Å². The van der Waals surface area contributed by atoms with Crippen molar-refractivity contribution in [2.75, 3.05) is 26.2 Å². The maximum Gasteiger partial charge on any atom is 0.137 e. The van der Waals surface area contributed by atoms with Crippen molar-refractivity contribution >= 4 is 11.6 Å². The van der Waals surface area contributed by atoms with Crippen LogP contribution in [0.4, 0.5) is 0 Å². The first-order valence-corrected chi connectivity index (χ1v) is 8.34. The summed E-state index contributed by atoms with van der Waals surface area (Å²) in [5, 5.41) is 0.706. The molecule has 112 valence electrons. The second-order valence-electron chi connectivity index (χ2n) is 5.60. The Morgan fingerprint density at radius 3 is 2.50 bits per heavy atom. The molecule has 20 heavy (non-hydrogen) atoms. The van der Waals surface area contributed by atoms with Crippen molar-refractivity contribution in [1.82, 2.24) is 4.90 Å². The summed E-state index contributed by atoms with van der Waals surface area (Å²) in [5.74, 6) is 0.808. The molecule has 1 heterocycles. The second-order valence-corrected chi connectivity index (χ2v) is 6.00. The van der Waals surface area contributed by atoms with E-state index < -0.39 is 0 Å². The molecule has 0 atom stereocenters. The van der Waals surface area contributed by atoms with Crippen LogP contribution in [-0.4, -0.2) is 31.1 Å². The fraction of sp³-hybridized carbons (Fsp3) is 0.647. The van der Waals surface area contributed by atoms with Crippen LogP contribution in [0.15, 0.2) is 24.3 Å². The monoisotopic (exact) mass is 295 g/mol. The minimum absolute atomic E-state index is 0.706. The average Bonchev–Trinajstić information content (AvgIpc) is 2.49. The summed E-state index contributed by atoms with van der Waals surface area (Å²) in [6.45, 7) is 4.68. The van der Waals surface area contributed by atoms with Gasteiger partial charge in [-0.1, -0.05) is 43.0 Å². The van der Waals surface area contributed by atoms with E-state index in [2.05, 4.69) is 4.90 Å². The van der Waals surface area contributed by atoms with Gasteiger partial charge in [0.05, 0.1) is 11.6 Å². The Bertz CT molecular complexity index is 377. The molecule has 2 rings (SSSR count). The van der Waals surface area contributed by atoms with Crippen LogP contribution in [0.1, 0.15) is 44.9 Å². The van der Waals surface area contributed by atoms with E-state index in [1.165, 1.54) is 58.2 Å². The summed E-state index contributed by atoms with van der Waals surface area (Å²) in [5.41, 5.74) is 0. The van der Waals surface area contributed by atoms with Gasteiger partial charge in [-0.15, -0.1) is 0 Å². The fourth-order valence-electron chi connectivity index (χ4n) is 2.72. The Labute approximate surface area is 128 Å². The molecule has 3 heteroatoms. The molecule has 1 fully saturated rings. The number of nitrogens with zero attached hydrogens (tertiary/aromatic N) is 1. The minimum atomic E-state index is 0.706. The Morgan fingerprint density at radius 1 is 0.950 bits per heavy atom. The molecule has 0 aliphatic carbocycles. The molecule has 1 aliphatic rings. The van der Waals surface area contributed by atoms with Gasteiger partial charge in [-0.25, -0.2) is 0 Å². The van der Waals surface area contributed by atoms with Gasteiger partial charge in [0, 0.05) is 0 Å². The molecule has 0 unspecified atom stereocenters. The van der Waals surface area contributed by atoms with Gasteiger partial charge in [-0.3, -0.25) is 0 Å². The van der Waals surface area contributed by atoms with E-state index in [1.807, 2.05) is 24.3 Å². The van der Waals surface area contributed by atoms with Crippen molar-refractivity contribution < 1.29 is 4.74 Å². The lowest BCUT2D eigenvalue weighted by atomic mass is 10.1.